The quantitative estimate of drug-likeness (QED) is 0.162. The molecule has 0 aromatic heterocycles. The molecular formula is C31H27N3O5. The van der Waals surface area contributed by atoms with Gasteiger partial charge in [0.1, 0.15) is 0 Å². The normalized spacial score (nSPS) is 11.7. The first-order valence-corrected chi connectivity index (χ1v) is 12.2. The summed E-state index contributed by atoms with van der Waals surface area (Å²) in [5.74, 6) is -1.04. The van der Waals surface area contributed by atoms with Gasteiger partial charge in [-0.1, -0.05) is 64.9 Å². The van der Waals surface area contributed by atoms with Crippen LogP contribution in [0.1, 0.15) is 38.8 Å². The summed E-state index contributed by atoms with van der Waals surface area (Å²) in [4.78, 5) is 47.3. The van der Waals surface area contributed by atoms with Gasteiger partial charge in [-0.05, 0) is 55.1 Å². The van der Waals surface area contributed by atoms with Gasteiger partial charge in [-0.15, -0.1) is 0 Å². The summed E-state index contributed by atoms with van der Waals surface area (Å²) < 4.78 is 0. The number of hydrogen-bond acceptors (Lipinski definition) is 8. The topological polar surface area (TPSA) is 97.6 Å². The van der Waals surface area contributed by atoms with E-state index >= 15 is 0 Å². The highest BCUT2D eigenvalue weighted by Gasteiger charge is 2.18. The van der Waals surface area contributed by atoms with Crippen LogP contribution in [0.3, 0.4) is 0 Å². The number of rotatable bonds is 7. The second kappa shape index (κ2) is 12.0. The Kier molecular flexibility index (Phi) is 8.26. The van der Waals surface area contributed by atoms with E-state index < -0.39 is 11.9 Å². The molecule has 39 heavy (non-hydrogen) atoms. The van der Waals surface area contributed by atoms with E-state index in [1.165, 1.54) is 19.9 Å². The van der Waals surface area contributed by atoms with Crippen LogP contribution in [0.25, 0.3) is 10.8 Å². The third-order valence-corrected chi connectivity index (χ3v) is 5.87. The molecule has 0 amide bonds. The minimum Gasteiger partial charge on any atom is -0.318 e. The van der Waals surface area contributed by atoms with Gasteiger partial charge >= 0.3 is 11.9 Å². The fourth-order valence-electron chi connectivity index (χ4n) is 4.12. The molecule has 0 unspecified atom stereocenters. The molecule has 0 radical (unpaired) electrons. The van der Waals surface area contributed by atoms with E-state index in [2.05, 4.69) is 10.3 Å². The highest BCUT2D eigenvalue weighted by Crippen LogP contribution is 2.38. The van der Waals surface area contributed by atoms with Crippen molar-refractivity contribution in [3.05, 3.63) is 112 Å². The molecule has 0 saturated heterocycles. The highest BCUT2D eigenvalue weighted by molar-refractivity contribution is 6.12. The minimum absolute atomic E-state index is 0.240. The largest absolute Gasteiger partial charge is 0.331 e. The molecule has 196 valence electrons. The molecule has 0 saturated carbocycles. The molecule has 0 aliphatic heterocycles. The first kappa shape index (κ1) is 26.9. The van der Waals surface area contributed by atoms with Crippen LogP contribution in [0.5, 0.6) is 0 Å². The molecule has 0 fully saturated rings. The number of carbonyl (C=O) groups is 2. The van der Waals surface area contributed by atoms with Gasteiger partial charge in [-0.3, -0.25) is 4.79 Å². The van der Waals surface area contributed by atoms with Crippen LogP contribution in [0.2, 0.25) is 0 Å². The van der Waals surface area contributed by atoms with Gasteiger partial charge in [-0.25, -0.2) is 9.59 Å². The Balaban J connectivity index is 1.94. The maximum atomic E-state index is 13.3. The molecule has 0 bridgehead atoms. The third kappa shape index (κ3) is 6.42. The van der Waals surface area contributed by atoms with Crippen molar-refractivity contribution in [2.75, 3.05) is 4.90 Å². The molecule has 0 spiro atoms. The Labute approximate surface area is 225 Å². The Morgan fingerprint density at radius 1 is 0.641 bits per heavy atom. The predicted octanol–water partition coefficient (Wildman–Crippen LogP) is 6.24. The lowest BCUT2D eigenvalue weighted by Gasteiger charge is -2.26. The van der Waals surface area contributed by atoms with E-state index in [0.29, 0.717) is 22.7 Å². The summed E-state index contributed by atoms with van der Waals surface area (Å²) in [7, 11) is 0. The Hall–Kier alpha value is -5.11. The zero-order valence-electron chi connectivity index (χ0n) is 22.0. The molecule has 0 aliphatic carbocycles. The predicted molar refractivity (Wildman–Crippen MR) is 153 cm³/mol. The average Bonchev–Trinajstić information content (AvgIpc) is 3.08. The summed E-state index contributed by atoms with van der Waals surface area (Å²) in [5.41, 5.74) is 4.35. The Bertz CT molecular complexity index is 1650. The van der Waals surface area contributed by atoms with Gasteiger partial charge in [0.15, 0.2) is 5.43 Å². The van der Waals surface area contributed by atoms with Crippen LogP contribution in [0.4, 0.5) is 17.1 Å². The number of nitrogens with zero attached hydrogens (tertiary/aromatic N) is 3. The maximum absolute atomic E-state index is 13.3. The lowest BCUT2D eigenvalue weighted by molar-refractivity contribution is -0.141. The van der Waals surface area contributed by atoms with Crippen LogP contribution in [-0.2, 0) is 19.3 Å². The number of anilines is 3. The van der Waals surface area contributed by atoms with Crippen LogP contribution < -0.4 is 10.3 Å². The number of oxime groups is 2. The van der Waals surface area contributed by atoms with E-state index in [-0.39, 0.29) is 5.43 Å². The van der Waals surface area contributed by atoms with Gasteiger partial charge in [0.2, 0.25) is 0 Å². The molecule has 4 aromatic carbocycles. The third-order valence-electron chi connectivity index (χ3n) is 5.87. The van der Waals surface area contributed by atoms with Crippen LogP contribution in [-0.4, -0.2) is 23.4 Å². The monoisotopic (exact) mass is 521 g/mol. The van der Waals surface area contributed by atoms with Crippen molar-refractivity contribution in [2.45, 2.75) is 27.7 Å². The van der Waals surface area contributed by atoms with E-state index in [9.17, 15) is 14.4 Å². The number of fused-ring (bicyclic) bond motifs is 1. The molecule has 8 heteroatoms. The molecule has 0 atom stereocenters. The van der Waals surface area contributed by atoms with Gasteiger partial charge in [0.25, 0.3) is 0 Å². The molecule has 8 nitrogen and oxygen atoms in total. The molecule has 0 heterocycles. The van der Waals surface area contributed by atoms with Crippen molar-refractivity contribution in [2.24, 2.45) is 10.3 Å². The summed E-state index contributed by atoms with van der Waals surface area (Å²) in [6, 6.07) is 28.0. The minimum atomic E-state index is -0.547. The van der Waals surface area contributed by atoms with Crippen molar-refractivity contribution in [1.82, 2.24) is 0 Å². The molecular weight excluding hydrogens is 494 g/mol. The first-order chi connectivity index (χ1) is 18.7. The summed E-state index contributed by atoms with van der Waals surface area (Å²) in [6.07, 6.45) is 0. The van der Waals surface area contributed by atoms with Crippen LogP contribution in [0.15, 0.2) is 106 Å². The van der Waals surface area contributed by atoms with E-state index in [4.69, 9.17) is 9.68 Å². The second-order valence-electron chi connectivity index (χ2n) is 8.77. The molecule has 0 N–H and O–H groups in total. The lowest BCUT2D eigenvalue weighted by Crippen LogP contribution is -2.11. The Morgan fingerprint density at radius 3 is 1.79 bits per heavy atom. The standard InChI is InChI=1S/C31H27N3O5/c1-20(32-38-22(3)35)24-14-16-26(17-15-24)34(25-10-6-5-7-11-25)31-19-27(37)18-30(21(2)33-39-23(4)36)28-12-8-9-13-29(28)31/h5-19H,1-4H3/b32-20-,33-21+. The van der Waals surface area contributed by atoms with E-state index in [1.54, 1.807) is 19.9 Å². The van der Waals surface area contributed by atoms with Crippen molar-refractivity contribution < 1.29 is 19.3 Å². The zero-order chi connectivity index (χ0) is 27.9. The second-order valence-corrected chi connectivity index (χ2v) is 8.77. The van der Waals surface area contributed by atoms with Crippen molar-refractivity contribution in [3.63, 3.8) is 0 Å². The van der Waals surface area contributed by atoms with Gasteiger partial charge in [0.05, 0.1) is 17.1 Å². The van der Waals surface area contributed by atoms with E-state index in [1.807, 2.05) is 83.8 Å². The summed E-state index contributed by atoms with van der Waals surface area (Å²) in [6.45, 7) is 6.00. The lowest BCUT2D eigenvalue weighted by atomic mass is 10.0. The van der Waals surface area contributed by atoms with Crippen molar-refractivity contribution in [3.8, 4) is 0 Å². The molecule has 4 rings (SSSR count). The number of hydrogen-bond donors (Lipinski definition) is 0. The number of para-hydroxylation sites is 1. The van der Waals surface area contributed by atoms with Gasteiger partial charge in [0, 0.05) is 42.2 Å². The fraction of sp³-hybridized carbons (Fsp3) is 0.129. The first-order valence-electron chi connectivity index (χ1n) is 12.2. The average molecular weight is 522 g/mol. The SMILES string of the molecule is CC(=O)O/N=C(/C)c1ccc(N(c2ccccc2)c2cc(=O)cc(/C(C)=N/OC(C)=O)c3ccccc23)cc1. The van der Waals surface area contributed by atoms with Crippen LogP contribution >= 0.6 is 0 Å². The van der Waals surface area contributed by atoms with Gasteiger partial charge < -0.3 is 14.6 Å². The molecule has 0 aliphatic rings. The maximum Gasteiger partial charge on any atom is 0.331 e. The summed E-state index contributed by atoms with van der Waals surface area (Å²) in [5, 5.41) is 9.36. The van der Waals surface area contributed by atoms with Crippen LogP contribution in [0, 0.1) is 0 Å². The zero-order valence-corrected chi connectivity index (χ0v) is 22.0. The van der Waals surface area contributed by atoms with Crippen molar-refractivity contribution in [1.29, 1.82) is 0 Å². The van der Waals surface area contributed by atoms with Gasteiger partial charge in [-0.2, -0.15) is 0 Å². The summed E-state index contributed by atoms with van der Waals surface area (Å²) >= 11 is 0. The highest BCUT2D eigenvalue weighted by atomic mass is 16.7. The smallest absolute Gasteiger partial charge is 0.318 e. The molecule has 4 aromatic rings. The number of carbonyl (C=O) groups excluding carboxylic acids is 2. The Morgan fingerprint density at radius 2 is 1.18 bits per heavy atom. The van der Waals surface area contributed by atoms with E-state index in [0.717, 1.165) is 27.7 Å². The fourth-order valence-corrected chi connectivity index (χ4v) is 4.12. The van der Waals surface area contributed by atoms with Crippen molar-refractivity contribution >= 4 is 51.2 Å². The number of benzene rings is 3.